The van der Waals surface area contributed by atoms with Gasteiger partial charge in [0.1, 0.15) is 0 Å². The highest BCUT2D eigenvalue weighted by Crippen LogP contribution is 2.22. The Morgan fingerprint density at radius 1 is 1.18 bits per heavy atom. The second kappa shape index (κ2) is 8.73. The Labute approximate surface area is 171 Å². The van der Waals surface area contributed by atoms with Gasteiger partial charge in [-0.1, -0.05) is 41.9 Å². The minimum absolute atomic E-state index is 0.0323. The molecule has 0 saturated carbocycles. The Morgan fingerprint density at radius 2 is 1.86 bits per heavy atom. The number of hydrogen-bond acceptors (Lipinski definition) is 5. The summed E-state index contributed by atoms with van der Waals surface area (Å²) in [6, 6.07) is 15.6. The third-order valence-electron chi connectivity index (χ3n) is 3.91. The molecule has 1 aliphatic rings. The molecule has 0 radical (unpaired) electrons. The van der Waals surface area contributed by atoms with E-state index in [0.717, 1.165) is 11.8 Å². The summed E-state index contributed by atoms with van der Waals surface area (Å²) in [5.74, 6) is -2.77. The maximum atomic E-state index is 12.7. The van der Waals surface area contributed by atoms with Crippen molar-refractivity contribution in [2.24, 2.45) is 11.0 Å². The molecule has 3 rings (SSSR count). The van der Waals surface area contributed by atoms with Gasteiger partial charge in [0.2, 0.25) is 11.8 Å². The Bertz CT molecular complexity index is 947. The van der Waals surface area contributed by atoms with Gasteiger partial charge >= 0.3 is 0 Å². The smallest absolute Gasteiger partial charge is 0.251 e. The third kappa shape index (κ3) is 4.59. The fourth-order valence-corrected chi connectivity index (χ4v) is 2.98. The zero-order valence-electron chi connectivity index (χ0n) is 14.5. The van der Waals surface area contributed by atoms with Gasteiger partial charge < -0.3 is 5.32 Å². The van der Waals surface area contributed by atoms with E-state index in [1.54, 1.807) is 24.3 Å². The standard InChI is InChI=1S/C19H15ClN4O3S/c20-13-6-8-14(9-7-13)24-18(27)15(17(26)22-19(24)28)11-21-23-16(25)10-12-4-2-1-3-5-12/h1-9,11,15H,10H2,(H,23,25)(H,22,26,28)/b21-11-/t15-/m1/s1. The van der Waals surface area contributed by atoms with Crippen LogP contribution in [0.5, 0.6) is 0 Å². The average molecular weight is 415 g/mol. The molecular formula is C19H15ClN4O3S. The van der Waals surface area contributed by atoms with Crippen LogP contribution in [-0.2, 0) is 20.8 Å². The Kier molecular flexibility index (Phi) is 6.13. The summed E-state index contributed by atoms with van der Waals surface area (Å²) >= 11 is 11.0. The first kappa shape index (κ1) is 19.7. The highest BCUT2D eigenvalue weighted by Gasteiger charge is 2.38. The summed E-state index contributed by atoms with van der Waals surface area (Å²) in [6.07, 6.45) is 1.22. The number of nitrogens with zero attached hydrogens (tertiary/aromatic N) is 2. The first-order valence-electron chi connectivity index (χ1n) is 8.26. The fourth-order valence-electron chi connectivity index (χ4n) is 2.56. The van der Waals surface area contributed by atoms with Gasteiger partial charge in [-0.05, 0) is 42.0 Å². The number of benzene rings is 2. The predicted octanol–water partition coefficient (Wildman–Crippen LogP) is 2.05. The summed E-state index contributed by atoms with van der Waals surface area (Å²) in [7, 11) is 0. The van der Waals surface area contributed by atoms with Crippen molar-refractivity contribution in [2.75, 3.05) is 4.90 Å². The van der Waals surface area contributed by atoms with Crippen molar-refractivity contribution in [3.05, 3.63) is 65.2 Å². The molecule has 0 bridgehead atoms. The normalized spacial score (nSPS) is 17.0. The van der Waals surface area contributed by atoms with Crippen molar-refractivity contribution in [1.29, 1.82) is 0 Å². The molecule has 2 aromatic rings. The SMILES string of the molecule is O=C(Cc1ccccc1)N/N=C\[C@@H]1C(=O)NC(=S)N(c2ccc(Cl)cc2)C1=O. The van der Waals surface area contributed by atoms with E-state index in [1.165, 1.54) is 4.90 Å². The Hall–Kier alpha value is -3.10. The van der Waals surface area contributed by atoms with Crippen LogP contribution >= 0.6 is 23.8 Å². The van der Waals surface area contributed by atoms with Crippen molar-refractivity contribution in [1.82, 2.24) is 10.7 Å². The molecule has 2 aromatic carbocycles. The number of rotatable bonds is 5. The van der Waals surface area contributed by atoms with Gasteiger partial charge in [-0.2, -0.15) is 5.10 Å². The summed E-state index contributed by atoms with van der Waals surface area (Å²) in [5.41, 5.74) is 3.61. The number of hydrazone groups is 1. The molecule has 0 spiro atoms. The predicted molar refractivity (Wildman–Crippen MR) is 110 cm³/mol. The van der Waals surface area contributed by atoms with E-state index in [0.29, 0.717) is 10.7 Å². The summed E-state index contributed by atoms with van der Waals surface area (Å²) in [6.45, 7) is 0. The molecule has 0 aromatic heterocycles. The maximum Gasteiger partial charge on any atom is 0.251 e. The summed E-state index contributed by atoms with van der Waals surface area (Å²) < 4.78 is 0. The highest BCUT2D eigenvalue weighted by molar-refractivity contribution is 7.80. The van der Waals surface area contributed by atoms with Crippen LogP contribution in [0.1, 0.15) is 5.56 Å². The van der Waals surface area contributed by atoms with Crippen LogP contribution in [0.3, 0.4) is 0 Å². The van der Waals surface area contributed by atoms with Crippen molar-refractivity contribution >= 4 is 58.6 Å². The summed E-state index contributed by atoms with van der Waals surface area (Å²) in [5, 5.41) is 6.69. The average Bonchev–Trinajstić information content (AvgIpc) is 2.66. The second-order valence-electron chi connectivity index (χ2n) is 5.90. The molecule has 0 aliphatic carbocycles. The number of anilines is 1. The van der Waals surface area contributed by atoms with E-state index in [1.807, 2.05) is 30.3 Å². The first-order chi connectivity index (χ1) is 13.5. The molecule has 7 nitrogen and oxygen atoms in total. The lowest BCUT2D eigenvalue weighted by molar-refractivity contribution is -0.130. The molecule has 0 unspecified atom stereocenters. The van der Waals surface area contributed by atoms with Crippen molar-refractivity contribution < 1.29 is 14.4 Å². The Balaban J connectivity index is 1.68. The first-order valence-corrected chi connectivity index (χ1v) is 9.04. The van der Waals surface area contributed by atoms with Gasteiger partial charge in [0.05, 0.1) is 12.1 Å². The lowest BCUT2D eigenvalue weighted by atomic mass is 10.1. The van der Waals surface area contributed by atoms with Gasteiger partial charge in [0.15, 0.2) is 11.0 Å². The zero-order chi connectivity index (χ0) is 20.1. The molecule has 1 saturated heterocycles. The van der Waals surface area contributed by atoms with Gasteiger partial charge in [-0.3, -0.25) is 19.3 Å². The van der Waals surface area contributed by atoms with Crippen molar-refractivity contribution in [2.45, 2.75) is 6.42 Å². The molecule has 1 atom stereocenters. The molecule has 1 heterocycles. The molecule has 9 heteroatoms. The number of halogens is 1. The van der Waals surface area contributed by atoms with Crippen LogP contribution in [0.15, 0.2) is 59.7 Å². The van der Waals surface area contributed by atoms with Gasteiger partial charge in [-0.25, -0.2) is 5.43 Å². The van der Waals surface area contributed by atoms with Crippen LogP contribution in [-0.4, -0.2) is 29.0 Å². The lowest BCUT2D eigenvalue weighted by Gasteiger charge is -2.30. The molecule has 142 valence electrons. The van der Waals surface area contributed by atoms with Crippen LogP contribution in [0.25, 0.3) is 0 Å². The van der Waals surface area contributed by atoms with Gasteiger partial charge in [0, 0.05) is 11.2 Å². The van der Waals surface area contributed by atoms with E-state index >= 15 is 0 Å². The van der Waals surface area contributed by atoms with Crippen LogP contribution < -0.4 is 15.6 Å². The number of thiocarbonyl (C=S) groups is 1. The lowest BCUT2D eigenvalue weighted by Crippen LogP contribution is -2.58. The molecule has 3 amide bonds. The molecular weight excluding hydrogens is 400 g/mol. The van der Waals surface area contributed by atoms with E-state index in [2.05, 4.69) is 15.8 Å². The molecule has 1 fully saturated rings. The monoisotopic (exact) mass is 414 g/mol. The van der Waals surface area contributed by atoms with E-state index in [-0.39, 0.29) is 17.4 Å². The minimum Gasteiger partial charge on any atom is -0.301 e. The largest absolute Gasteiger partial charge is 0.301 e. The number of carbonyl (C=O) groups excluding carboxylic acids is 3. The van der Waals surface area contributed by atoms with E-state index in [4.69, 9.17) is 23.8 Å². The van der Waals surface area contributed by atoms with Crippen LogP contribution in [0.2, 0.25) is 5.02 Å². The maximum absolute atomic E-state index is 12.7. The number of amides is 3. The topological polar surface area (TPSA) is 90.9 Å². The van der Waals surface area contributed by atoms with E-state index in [9.17, 15) is 14.4 Å². The molecule has 1 aliphatic heterocycles. The van der Waals surface area contributed by atoms with Crippen molar-refractivity contribution in [3.8, 4) is 0 Å². The quantitative estimate of drug-likeness (QED) is 0.339. The minimum atomic E-state index is -1.22. The van der Waals surface area contributed by atoms with Crippen molar-refractivity contribution in [3.63, 3.8) is 0 Å². The number of hydrogen-bond donors (Lipinski definition) is 2. The van der Waals surface area contributed by atoms with Crippen LogP contribution in [0.4, 0.5) is 5.69 Å². The summed E-state index contributed by atoms with van der Waals surface area (Å²) in [4.78, 5) is 38.0. The second-order valence-corrected chi connectivity index (χ2v) is 6.72. The van der Waals surface area contributed by atoms with E-state index < -0.39 is 17.7 Å². The van der Waals surface area contributed by atoms with Gasteiger partial charge in [0.25, 0.3) is 5.91 Å². The fraction of sp³-hybridized carbons (Fsp3) is 0.105. The third-order valence-corrected chi connectivity index (χ3v) is 4.44. The Morgan fingerprint density at radius 3 is 2.54 bits per heavy atom. The van der Waals surface area contributed by atoms with Gasteiger partial charge in [-0.15, -0.1) is 0 Å². The number of nitrogens with one attached hydrogen (secondary N) is 2. The zero-order valence-corrected chi connectivity index (χ0v) is 16.0. The number of carbonyl (C=O) groups is 3. The highest BCUT2D eigenvalue weighted by atomic mass is 35.5. The molecule has 2 N–H and O–H groups in total. The van der Waals surface area contributed by atoms with Crippen LogP contribution in [0, 0.1) is 5.92 Å². The molecule has 28 heavy (non-hydrogen) atoms.